The van der Waals surface area contributed by atoms with Crippen LogP contribution >= 0.6 is 23.2 Å². The van der Waals surface area contributed by atoms with Gasteiger partial charge in [0, 0.05) is 11.8 Å². The van der Waals surface area contributed by atoms with Crippen LogP contribution in [0, 0.1) is 6.92 Å². The Morgan fingerprint density at radius 3 is 2.83 bits per heavy atom. The first-order chi connectivity index (χ1) is 14.5. The third kappa shape index (κ3) is 4.89. The molecule has 2 heterocycles. The normalized spacial score (nSPS) is 12.2. The molecule has 0 aliphatic heterocycles. The lowest BCUT2D eigenvalue weighted by molar-refractivity contribution is 0.0905. The summed E-state index contributed by atoms with van der Waals surface area (Å²) in [6, 6.07) is 8.67. The Kier molecular flexibility index (Phi) is 7.58. The summed E-state index contributed by atoms with van der Waals surface area (Å²) < 4.78 is 7.65. The molecule has 1 aromatic carbocycles. The number of aliphatic hydroxyl groups excluding tert-OH is 1. The molecule has 2 N–H and O–H groups in total. The quantitative estimate of drug-likeness (QED) is 0.491. The lowest BCUT2D eigenvalue weighted by Crippen LogP contribution is -2.38. The topological polar surface area (TPSA) is 75.9 Å². The molecule has 1 atom stereocenters. The van der Waals surface area contributed by atoms with Crippen LogP contribution in [0.3, 0.4) is 0 Å². The third-order valence-corrected chi connectivity index (χ3v) is 5.74. The van der Waals surface area contributed by atoms with Gasteiger partial charge in [-0.1, -0.05) is 55.1 Å². The highest BCUT2D eigenvalue weighted by Gasteiger charge is 2.21. The number of aliphatic hydroxyl groups is 1. The van der Waals surface area contributed by atoms with Crippen molar-refractivity contribution in [2.45, 2.75) is 45.8 Å². The fraction of sp³-hybridized carbons (Fsp3) is 0.364. The molecule has 0 unspecified atom stereocenters. The molecule has 8 heteroatoms. The average molecular weight is 450 g/mol. The number of imidazole rings is 1. The summed E-state index contributed by atoms with van der Waals surface area (Å²) in [5.74, 6) is 0.255. The number of ether oxygens (including phenoxy) is 1. The maximum absolute atomic E-state index is 12.9. The van der Waals surface area contributed by atoms with Gasteiger partial charge in [-0.05, 0) is 31.5 Å². The summed E-state index contributed by atoms with van der Waals surface area (Å²) in [5, 5.41) is 13.4. The minimum absolute atomic E-state index is 0.101. The highest BCUT2D eigenvalue weighted by atomic mass is 35.5. The first-order valence-electron chi connectivity index (χ1n) is 9.91. The fourth-order valence-electron chi connectivity index (χ4n) is 3.27. The van der Waals surface area contributed by atoms with Gasteiger partial charge < -0.3 is 15.2 Å². The number of fused-ring (bicyclic) bond motifs is 1. The molecule has 3 aromatic rings. The largest absolute Gasteiger partial charge is 0.485 e. The van der Waals surface area contributed by atoms with E-state index in [0.29, 0.717) is 32.8 Å². The standard InChI is InChI=1S/C22H25Cl2N3O3/c1-3-4-8-16(12-28)26-22(29)20-14(2)25-21-18(10-6-11-27(20)21)30-13-15-7-5-9-17(23)19(15)24/h5-7,9-11,16,28H,3-4,8,12-13H2,1-2H3,(H,26,29)/t16-/m1/s1. The Morgan fingerprint density at radius 1 is 1.30 bits per heavy atom. The number of aromatic nitrogens is 2. The maximum Gasteiger partial charge on any atom is 0.270 e. The predicted octanol–water partition coefficient (Wildman–Crippen LogP) is 4.81. The van der Waals surface area contributed by atoms with Gasteiger partial charge in [0.1, 0.15) is 12.3 Å². The highest BCUT2D eigenvalue weighted by molar-refractivity contribution is 6.42. The van der Waals surface area contributed by atoms with E-state index in [9.17, 15) is 9.90 Å². The molecule has 0 fully saturated rings. The zero-order chi connectivity index (χ0) is 21.7. The number of pyridine rings is 1. The van der Waals surface area contributed by atoms with Crippen molar-refractivity contribution in [2.24, 2.45) is 0 Å². The maximum atomic E-state index is 12.9. The molecule has 0 bridgehead atoms. The minimum Gasteiger partial charge on any atom is -0.485 e. The summed E-state index contributed by atoms with van der Waals surface area (Å²) in [6.07, 6.45) is 4.42. The third-order valence-electron chi connectivity index (χ3n) is 4.88. The molecule has 2 aromatic heterocycles. The van der Waals surface area contributed by atoms with E-state index in [1.807, 2.05) is 12.1 Å². The van der Waals surface area contributed by atoms with Crippen LogP contribution in [0.25, 0.3) is 5.65 Å². The van der Waals surface area contributed by atoms with Crippen molar-refractivity contribution in [2.75, 3.05) is 6.61 Å². The number of halogens is 2. The van der Waals surface area contributed by atoms with E-state index < -0.39 is 0 Å². The van der Waals surface area contributed by atoms with Crippen molar-refractivity contribution in [3.8, 4) is 5.75 Å². The summed E-state index contributed by atoms with van der Waals surface area (Å²) in [7, 11) is 0. The monoisotopic (exact) mass is 449 g/mol. The Morgan fingerprint density at radius 2 is 2.10 bits per heavy atom. The fourth-order valence-corrected chi connectivity index (χ4v) is 3.65. The van der Waals surface area contributed by atoms with Crippen LogP contribution in [-0.2, 0) is 6.61 Å². The van der Waals surface area contributed by atoms with Gasteiger partial charge in [-0.3, -0.25) is 9.20 Å². The lowest BCUT2D eigenvalue weighted by atomic mass is 10.1. The lowest BCUT2D eigenvalue weighted by Gasteiger charge is -2.16. The number of unbranched alkanes of at least 4 members (excludes halogenated alkanes) is 1. The number of carbonyl (C=O) groups excluding carboxylic acids is 1. The number of nitrogens with one attached hydrogen (secondary N) is 1. The van der Waals surface area contributed by atoms with Crippen molar-refractivity contribution in [1.82, 2.24) is 14.7 Å². The van der Waals surface area contributed by atoms with Gasteiger partial charge in [-0.2, -0.15) is 0 Å². The summed E-state index contributed by atoms with van der Waals surface area (Å²) >= 11 is 12.3. The summed E-state index contributed by atoms with van der Waals surface area (Å²) in [6.45, 7) is 3.97. The second kappa shape index (κ2) is 10.2. The van der Waals surface area contributed by atoms with E-state index in [1.54, 1.807) is 35.7 Å². The van der Waals surface area contributed by atoms with Gasteiger partial charge in [0.25, 0.3) is 5.91 Å². The molecule has 0 spiro atoms. The zero-order valence-corrected chi connectivity index (χ0v) is 18.5. The first kappa shape index (κ1) is 22.4. The van der Waals surface area contributed by atoms with E-state index in [1.165, 1.54) is 0 Å². The van der Waals surface area contributed by atoms with Crippen molar-refractivity contribution in [3.05, 3.63) is 63.5 Å². The second-order valence-electron chi connectivity index (χ2n) is 7.11. The number of carbonyl (C=O) groups is 1. The van der Waals surface area contributed by atoms with E-state index in [2.05, 4.69) is 17.2 Å². The molecular weight excluding hydrogens is 425 g/mol. The minimum atomic E-state index is -0.285. The average Bonchev–Trinajstić information content (AvgIpc) is 3.08. The van der Waals surface area contributed by atoms with Crippen LogP contribution in [0.15, 0.2) is 36.5 Å². The number of benzene rings is 1. The molecule has 1 amide bonds. The van der Waals surface area contributed by atoms with E-state index in [-0.39, 0.29) is 25.2 Å². The van der Waals surface area contributed by atoms with Crippen molar-refractivity contribution in [3.63, 3.8) is 0 Å². The molecule has 0 saturated carbocycles. The van der Waals surface area contributed by atoms with Gasteiger partial charge in [0.05, 0.1) is 28.4 Å². The van der Waals surface area contributed by atoms with Crippen molar-refractivity contribution < 1.29 is 14.6 Å². The number of rotatable bonds is 9. The molecule has 0 radical (unpaired) electrons. The van der Waals surface area contributed by atoms with Crippen LogP contribution < -0.4 is 10.1 Å². The van der Waals surface area contributed by atoms with E-state index in [4.69, 9.17) is 27.9 Å². The molecule has 3 rings (SSSR count). The van der Waals surface area contributed by atoms with Crippen LogP contribution in [0.2, 0.25) is 10.0 Å². The van der Waals surface area contributed by atoms with Gasteiger partial charge in [0.15, 0.2) is 11.4 Å². The van der Waals surface area contributed by atoms with Crippen LogP contribution in [0.5, 0.6) is 5.75 Å². The molecule has 30 heavy (non-hydrogen) atoms. The zero-order valence-electron chi connectivity index (χ0n) is 17.0. The van der Waals surface area contributed by atoms with Gasteiger partial charge in [-0.25, -0.2) is 4.98 Å². The molecule has 6 nitrogen and oxygen atoms in total. The summed E-state index contributed by atoms with van der Waals surface area (Å²) in [5.41, 5.74) is 2.30. The Hall–Kier alpha value is -2.28. The number of hydrogen-bond acceptors (Lipinski definition) is 4. The molecule has 0 aliphatic rings. The van der Waals surface area contributed by atoms with Crippen LogP contribution in [0.1, 0.15) is 47.9 Å². The predicted molar refractivity (Wildman–Crippen MR) is 119 cm³/mol. The smallest absolute Gasteiger partial charge is 0.270 e. The number of nitrogens with zero attached hydrogens (tertiary/aromatic N) is 2. The molecule has 0 saturated heterocycles. The SMILES string of the molecule is CCCC[C@H](CO)NC(=O)c1c(C)nc2c(OCc3cccc(Cl)c3Cl)cccn12. The van der Waals surface area contributed by atoms with Crippen LogP contribution in [0.4, 0.5) is 0 Å². The van der Waals surface area contributed by atoms with E-state index >= 15 is 0 Å². The number of aryl methyl sites for hydroxylation is 1. The van der Waals surface area contributed by atoms with E-state index in [0.717, 1.165) is 24.8 Å². The molecule has 160 valence electrons. The Bertz CT molecular complexity index is 1040. The second-order valence-corrected chi connectivity index (χ2v) is 7.89. The number of amides is 1. The van der Waals surface area contributed by atoms with Crippen molar-refractivity contribution in [1.29, 1.82) is 0 Å². The van der Waals surface area contributed by atoms with Crippen molar-refractivity contribution >= 4 is 34.8 Å². The molecule has 0 aliphatic carbocycles. The first-order valence-corrected chi connectivity index (χ1v) is 10.7. The van der Waals surface area contributed by atoms with Gasteiger partial charge in [-0.15, -0.1) is 0 Å². The van der Waals surface area contributed by atoms with Gasteiger partial charge >= 0.3 is 0 Å². The number of hydrogen-bond donors (Lipinski definition) is 2. The van der Waals surface area contributed by atoms with Gasteiger partial charge in [0.2, 0.25) is 0 Å². The molecular formula is C22H25Cl2N3O3. The highest BCUT2D eigenvalue weighted by Crippen LogP contribution is 2.28. The van der Waals surface area contributed by atoms with Crippen LogP contribution in [-0.4, -0.2) is 33.0 Å². The Balaban J connectivity index is 1.84. The summed E-state index contributed by atoms with van der Waals surface area (Å²) in [4.78, 5) is 17.4. The Labute approximate surface area is 185 Å².